The van der Waals surface area contributed by atoms with Crippen molar-refractivity contribution in [3.8, 4) is 0 Å². The van der Waals surface area contributed by atoms with Crippen LogP contribution < -0.4 is 5.73 Å². The monoisotopic (exact) mass is 203 g/mol. The molecule has 0 bridgehead atoms. The summed E-state index contributed by atoms with van der Waals surface area (Å²) in [7, 11) is 0. The molecule has 0 heterocycles. The Labute approximate surface area is 90.5 Å². The van der Waals surface area contributed by atoms with E-state index in [4.69, 9.17) is 5.73 Å². The summed E-state index contributed by atoms with van der Waals surface area (Å²) in [6.45, 7) is 4.31. The average molecular weight is 203 g/mol. The Morgan fingerprint density at radius 3 is 2.67 bits per heavy atom. The van der Waals surface area contributed by atoms with E-state index in [1.165, 1.54) is 11.1 Å². The zero-order valence-corrected chi connectivity index (χ0v) is 9.23. The Balaban J connectivity index is 2.42. The van der Waals surface area contributed by atoms with Gasteiger partial charge in [-0.05, 0) is 29.4 Å². The fourth-order valence-electron chi connectivity index (χ4n) is 2.73. The molecular weight excluding hydrogens is 186 g/mol. The van der Waals surface area contributed by atoms with Crippen LogP contribution in [0.3, 0.4) is 0 Å². The Morgan fingerprint density at radius 2 is 2.07 bits per heavy atom. The average Bonchev–Trinajstić information content (AvgIpc) is 2.56. The van der Waals surface area contributed by atoms with Crippen molar-refractivity contribution in [3.05, 3.63) is 35.4 Å². The van der Waals surface area contributed by atoms with Crippen molar-refractivity contribution in [2.75, 3.05) is 0 Å². The Hall–Kier alpha value is -1.31. The maximum atomic E-state index is 11.4. The molecule has 2 nitrogen and oxygen atoms in total. The van der Waals surface area contributed by atoms with E-state index in [2.05, 4.69) is 26.0 Å². The van der Waals surface area contributed by atoms with Gasteiger partial charge in [0, 0.05) is 5.92 Å². The lowest BCUT2D eigenvalue weighted by atomic mass is 9.83. The van der Waals surface area contributed by atoms with Gasteiger partial charge in [-0.25, -0.2) is 0 Å². The third-order valence-corrected chi connectivity index (χ3v) is 3.37. The second-order valence-corrected chi connectivity index (χ2v) is 4.68. The molecule has 1 aliphatic rings. The molecule has 0 fully saturated rings. The summed E-state index contributed by atoms with van der Waals surface area (Å²) in [5, 5.41) is 0. The second-order valence-electron chi connectivity index (χ2n) is 4.68. The van der Waals surface area contributed by atoms with Crippen molar-refractivity contribution in [1.29, 1.82) is 0 Å². The van der Waals surface area contributed by atoms with Crippen molar-refractivity contribution in [1.82, 2.24) is 0 Å². The molecule has 0 saturated heterocycles. The van der Waals surface area contributed by atoms with E-state index in [0.29, 0.717) is 11.8 Å². The molecule has 1 aromatic rings. The lowest BCUT2D eigenvalue weighted by molar-refractivity contribution is -0.122. The minimum absolute atomic E-state index is 0.0117. The SMILES string of the molecule is CC(C)C1c2ccccc2CC1C(N)=O. The maximum absolute atomic E-state index is 11.4. The first-order chi connectivity index (χ1) is 7.11. The largest absolute Gasteiger partial charge is 0.369 e. The first-order valence-electron chi connectivity index (χ1n) is 5.48. The number of nitrogens with two attached hydrogens (primary N) is 1. The molecule has 0 aliphatic heterocycles. The molecule has 1 amide bonds. The van der Waals surface area contributed by atoms with Crippen molar-refractivity contribution < 1.29 is 4.79 Å². The van der Waals surface area contributed by atoms with Crippen LogP contribution in [-0.2, 0) is 11.2 Å². The zero-order chi connectivity index (χ0) is 11.0. The van der Waals surface area contributed by atoms with Gasteiger partial charge in [-0.3, -0.25) is 4.79 Å². The van der Waals surface area contributed by atoms with Gasteiger partial charge in [0.15, 0.2) is 0 Å². The minimum atomic E-state index is -0.162. The molecule has 80 valence electrons. The maximum Gasteiger partial charge on any atom is 0.221 e. The van der Waals surface area contributed by atoms with Crippen molar-refractivity contribution in [2.45, 2.75) is 26.2 Å². The van der Waals surface area contributed by atoms with Gasteiger partial charge in [-0.15, -0.1) is 0 Å². The molecule has 15 heavy (non-hydrogen) atoms. The van der Waals surface area contributed by atoms with Gasteiger partial charge < -0.3 is 5.73 Å². The second kappa shape index (κ2) is 3.69. The first-order valence-corrected chi connectivity index (χ1v) is 5.48. The molecular formula is C13H17NO. The molecule has 2 rings (SSSR count). The quantitative estimate of drug-likeness (QED) is 0.785. The summed E-state index contributed by atoms with van der Waals surface area (Å²) in [4.78, 5) is 11.4. The molecule has 1 aliphatic carbocycles. The van der Waals surface area contributed by atoms with E-state index >= 15 is 0 Å². The molecule has 0 spiro atoms. The number of carbonyl (C=O) groups is 1. The molecule has 2 N–H and O–H groups in total. The van der Waals surface area contributed by atoms with E-state index in [1.54, 1.807) is 0 Å². The number of rotatable bonds is 2. The zero-order valence-electron chi connectivity index (χ0n) is 9.23. The lowest BCUT2D eigenvalue weighted by Crippen LogP contribution is -2.28. The highest BCUT2D eigenvalue weighted by atomic mass is 16.1. The number of carbonyl (C=O) groups excluding carboxylic acids is 1. The topological polar surface area (TPSA) is 43.1 Å². The fraction of sp³-hybridized carbons (Fsp3) is 0.462. The molecule has 2 unspecified atom stereocenters. The normalized spacial score (nSPS) is 24.2. The highest BCUT2D eigenvalue weighted by Gasteiger charge is 2.37. The van der Waals surface area contributed by atoms with E-state index in [1.807, 2.05) is 12.1 Å². The molecule has 0 radical (unpaired) electrons. The Morgan fingerprint density at radius 1 is 1.40 bits per heavy atom. The summed E-state index contributed by atoms with van der Waals surface area (Å²) in [6.07, 6.45) is 0.814. The van der Waals surface area contributed by atoms with E-state index in [-0.39, 0.29) is 11.8 Å². The van der Waals surface area contributed by atoms with Crippen LogP contribution in [0.5, 0.6) is 0 Å². The van der Waals surface area contributed by atoms with Crippen LogP contribution in [0.25, 0.3) is 0 Å². The lowest BCUT2D eigenvalue weighted by Gasteiger charge is -2.21. The summed E-state index contributed by atoms with van der Waals surface area (Å²) in [5.41, 5.74) is 8.07. The van der Waals surface area contributed by atoms with E-state index in [9.17, 15) is 4.79 Å². The van der Waals surface area contributed by atoms with Crippen LogP contribution >= 0.6 is 0 Å². The predicted molar refractivity (Wildman–Crippen MR) is 60.4 cm³/mol. The Kier molecular flexibility index (Phi) is 2.51. The van der Waals surface area contributed by atoms with Crippen molar-refractivity contribution >= 4 is 5.91 Å². The van der Waals surface area contributed by atoms with Crippen molar-refractivity contribution in [2.24, 2.45) is 17.6 Å². The number of primary amides is 1. The Bertz CT molecular complexity index is 384. The summed E-state index contributed by atoms with van der Waals surface area (Å²) >= 11 is 0. The molecule has 0 saturated carbocycles. The third kappa shape index (κ3) is 1.65. The number of hydrogen-bond donors (Lipinski definition) is 1. The smallest absolute Gasteiger partial charge is 0.221 e. The van der Waals surface area contributed by atoms with Crippen LogP contribution in [-0.4, -0.2) is 5.91 Å². The van der Waals surface area contributed by atoms with E-state index in [0.717, 1.165) is 6.42 Å². The third-order valence-electron chi connectivity index (χ3n) is 3.37. The molecule has 2 heteroatoms. The van der Waals surface area contributed by atoms with Gasteiger partial charge in [0.2, 0.25) is 5.91 Å². The van der Waals surface area contributed by atoms with Gasteiger partial charge in [0.25, 0.3) is 0 Å². The number of amides is 1. The van der Waals surface area contributed by atoms with Gasteiger partial charge in [0.1, 0.15) is 0 Å². The minimum Gasteiger partial charge on any atom is -0.369 e. The number of benzene rings is 1. The molecule has 1 aromatic carbocycles. The predicted octanol–water partition coefficient (Wildman–Crippen LogP) is 2.08. The van der Waals surface area contributed by atoms with Gasteiger partial charge in [-0.2, -0.15) is 0 Å². The highest BCUT2D eigenvalue weighted by molar-refractivity contribution is 5.79. The highest BCUT2D eigenvalue weighted by Crippen LogP contribution is 2.42. The van der Waals surface area contributed by atoms with Gasteiger partial charge >= 0.3 is 0 Å². The van der Waals surface area contributed by atoms with Crippen LogP contribution in [0, 0.1) is 11.8 Å². The van der Waals surface area contributed by atoms with Crippen LogP contribution in [0.1, 0.15) is 30.9 Å². The summed E-state index contributed by atoms with van der Waals surface area (Å²) < 4.78 is 0. The van der Waals surface area contributed by atoms with Crippen LogP contribution in [0.2, 0.25) is 0 Å². The number of hydrogen-bond acceptors (Lipinski definition) is 1. The van der Waals surface area contributed by atoms with Gasteiger partial charge in [-0.1, -0.05) is 38.1 Å². The summed E-state index contributed by atoms with van der Waals surface area (Å²) in [5.74, 6) is 0.595. The fourth-order valence-corrected chi connectivity index (χ4v) is 2.73. The standard InChI is InChI=1S/C13H17NO/c1-8(2)12-10-6-4-3-5-9(10)7-11(12)13(14)15/h3-6,8,11-12H,7H2,1-2H3,(H2,14,15). The first kappa shape index (κ1) is 10.2. The van der Waals surface area contributed by atoms with Crippen molar-refractivity contribution in [3.63, 3.8) is 0 Å². The van der Waals surface area contributed by atoms with E-state index < -0.39 is 0 Å². The molecule has 0 aromatic heterocycles. The van der Waals surface area contributed by atoms with Gasteiger partial charge in [0.05, 0.1) is 0 Å². The molecule has 2 atom stereocenters. The number of fused-ring (bicyclic) bond motifs is 1. The van der Waals surface area contributed by atoms with Crippen LogP contribution in [0.4, 0.5) is 0 Å². The summed E-state index contributed by atoms with van der Waals surface area (Å²) in [6, 6.07) is 8.30. The van der Waals surface area contributed by atoms with Crippen LogP contribution in [0.15, 0.2) is 24.3 Å².